The summed E-state index contributed by atoms with van der Waals surface area (Å²) in [6.07, 6.45) is 1.55. The number of rotatable bonds is 4. The summed E-state index contributed by atoms with van der Waals surface area (Å²) in [4.78, 5) is 0. The molecule has 7 heteroatoms. The average molecular weight is 342 g/mol. The van der Waals surface area contributed by atoms with Gasteiger partial charge in [-0.3, -0.25) is 5.43 Å². The van der Waals surface area contributed by atoms with Crippen LogP contribution in [0.15, 0.2) is 39.9 Å². The molecule has 0 amide bonds. The number of halogens is 2. The Balaban J connectivity index is 2.05. The van der Waals surface area contributed by atoms with Crippen LogP contribution in [-0.2, 0) is 0 Å². The topological polar surface area (TPSA) is 49.6 Å². The largest absolute Gasteiger partial charge is 0.455 e. The number of hydrogen-bond acceptors (Lipinski definition) is 3. The van der Waals surface area contributed by atoms with Crippen molar-refractivity contribution in [3.8, 4) is 11.3 Å². The quantitative estimate of drug-likeness (QED) is 0.500. The van der Waals surface area contributed by atoms with Crippen molar-refractivity contribution in [1.82, 2.24) is 10.7 Å². The number of hydrogen-bond donors (Lipinski definition) is 2. The Morgan fingerprint density at radius 2 is 2.10 bits per heavy atom. The fraction of sp³-hybridized carbons (Fsp3) is 0.143. The maximum atomic E-state index is 5.99. The summed E-state index contributed by atoms with van der Waals surface area (Å²) < 4.78 is 5.65. The van der Waals surface area contributed by atoms with Crippen LogP contribution < -0.4 is 10.7 Å². The fourth-order valence-electron chi connectivity index (χ4n) is 1.58. The molecule has 0 bridgehead atoms. The summed E-state index contributed by atoms with van der Waals surface area (Å²) in [6, 6.07) is 8.96. The zero-order valence-electron chi connectivity index (χ0n) is 11.2. The average Bonchev–Trinajstić information content (AvgIpc) is 2.91. The molecule has 0 spiro atoms. The lowest BCUT2D eigenvalue weighted by Gasteiger charge is -2.02. The van der Waals surface area contributed by atoms with Crippen molar-refractivity contribution >= 4 is 46.7 Å². The van der Waals surface area contributed by atoms with Gasteiger partial charge in [-0.1, -0.05) is 23.2 Å². The van der Waals surface area contributed by atoms with E-state index in [0.717, 1.165) is 12.1 Å². The number of nitrogens with zero attached hydrogens (tertiary/aromatic N) is 1. The molecule has 1 aromatic heterocycles. The highest BCUT2D eigenvalue weighted by Gasteiger charge is 2.06. The zero-order chi connectivity index (χ0) is 15.2. The van der Waals surface area contributed by atoms with Crippen LogP contribution in [0.4, 0.5) is 0 Å². The van der Waals surface area contributed by atoms with Gasteiger partial charge in [0.1, 0.15) is 11.5 Å². The zero-order valence-corrected chi connectivity index (χ0v) is 13.5. The van der Waals surface area contributed by atoms with Crippen LogP contribution in [-0.4, -0.2) is 17.9 Å². The molecular weight excluding hydrogens is 329 g/mol. The molecule has 1 aromatic carbocycles. The number of nitrogens with one attached hydrogen (secondary N) is 2. The molecule has 0 saturated heterocycles. The van der Waals surface area contributed by atoms with Crippen molar-refractivity contribution in [3.63, 3.8) is 0 Å². The van der Waals surface area contributed by atoms with Crippen LogP contribution >= 0.6 is 35.4 Å². The van der Waals surface area contributed by atoms with Crippen molar-refractivity contribution in [3.05, 3.63) is 46.1 Å². The molecule has 2 N–H and O–H groups in total. The predicted octanol–water partition coefficient (Wildman–Crippen LogP) is 4.07. The normalized spacial score (nSPS) is 10.8. The van der Waals surface area contributed by atoms with Crippen LogP contribution in [0.1, 0.15) is 12.7 Å². The van der Waals surface area contributed by atoms with Gasteiger partial charge < -0.3 is 9.73 Å². The van der Waals surface area contributed by atoms with Crippen LogP contribution in [0, 0.1) is 0 Å². The lowest BCUT2D eigenvalue weighted by Crippen LogP contribution is -2.31. The molecule has 2 rings (SSSR count). The minimum atomic E-state index is 0.463. The number of furan rings is 1. The molecule has 0 radical (unpaired) electrons. The molecule has 110 valence electrons. The summed E-state index contributed by atoms with van der Waals surface area (Å²) in [5, 5.41) is 8.36. The van der Waals surface area contributed by atoms with Gasteiger partial charge in [0.25, 0.3) is 0 Å². The fourth-order valence-corrected chi connectivity index (χ4v) is 2.08. The third-order valence-corrected chi connectivity index (χ3v) is 3.50. The number of hydrazone groups is 1. The summed E-state index contributed by atoms with van der Waals surface area (Å²) in [6.45, 7) is 2.69. The van der Waals surface area contributed by atoms with Crippen LogP contribution in [0.25, 0.3) is 11.3 Å². The SMILES string of the molecule is CCNC(=S)NN=Cc1ccc(-c2ccc(Cl)c(Cl)c2)o1. The van der Waals surface area contributed by atoms with E-state index >= 15 is 0 Å². The first-order valence-corrected chi connectivity index (χ1v) is 7.38. The van der Waals surface area contributed by atoms with Crippen molar-refractivity contribution in [2.24, 2.45) is 5.10 Å². The Morgan fingerprint density at radius 3 is 2.81 bits per heavy atom. The summed E-state index contributed by atoms with van der Waals surface area (Å²) >= 11 is 16.9. The molecule has 0 aliphatic rings. The molecular formula is C14H13Cl2N3OS. The van der Waals surface area contributed by atoms with E-state index in [0.29, 0.717) is 26.7 Å². The van der Waals surface area contributed by atoms with Crippen molar-refractivity contribution < 1.29 is 4.42 Å². The van der Waals surface area contributed by atoms with Gasteiger partial charge in [-0.25, -0.2) is 0 Å². The molecule has 0 atom stereocenters. The van der Waals surface area contributed by atoms with Gasteiger partial charge in [-0.05, 0) is 49.5 Å². The molecule has 0 aliphatic heterocycles. The van der Waals surface area contributed by atoms with E-state index in [9.17, 15) is 0 Å². The lowest BCUT2D eigenvalue weighted by molar-refractivity contribution is 0.574. The summed E-state index contributed by atoms with van der Waals surface area (Å²) in [5.41, 5.74) is 3.54. The second-order valence-electron chi connectivity index (χ2n) is 4.06. The van der Waals surface area contributed by atoms with Crippen molar-refractivity contribution in [2.75, 3.05) is 6.54 Å². The van der Waals surface area contributed by atoms with E-state index in [2.05, 4.69) is 15.8 Å². The van der Waals surface area contributed by atoms with E-state index in [1.165, 1.54) is 0 Å². The Hall–Kier alpha value is -1.56. The highest BCUT2D eigenvalue weighted by atomic mass is 35.5. The Labute approximate surface area is 138 Å². The van der Waals surface area contributed by atoms with Gasteiger partial charge >= 0.3 is 0 Å². The van der Waals surface area contributed by atoms with Crippen LogP contribution in [0.3, 0.4) is 0 Å². The maximum absolute atomic E-state index is 5.99. The van der Waals surface area contributed by atoms with Gasteiger partial charge in [-0.2, -0.15) is 5.10 Å². The van der Waals surface area contributed by atoms with Crippen LogP contribution in [0.5, 0.6) is 0 Å². The van der Waals surface area contributed by atoms with Crippen LogP contribution in [0.2, 0.25) is 10.0 Å². The molecule has 0 fully saturated rings. The number of thiocarbonyl (C=S) groups is 1. The van der Waals surface area contributed by atoms with Gasteiger partial charge in [0.2, 0.25) is 0 Å². The molecule has 21 heavy (non-hydrogen) atoms. The molecule has 0 aliphatic carbocycles. The minimum absolute atomic E-state index is 0.463. The first-order chi connectivity index (χ1) is 10.1. The van der Waals surface area contributed by atoms with E-state index in [-0.39, 0.29) is 0 Å². The van der Waals surface area contributed by atoms with Gasteiger partial charge in [0.05, 0.1) is 16.3 Å². The molecule has 1 heterocycles. The molecule has 2 aromatic rings. The first kappa shape index (κ1) is 15.8. The van der Waals surface area contributed by atoms with Gasteiger partial charge in [0, 0.05) is 12.1 Å². The highest BCUT2D eigenvalue weighted by Crippen LogP contribution is 2.29. The van der Waals surface area contributed by atoms with E-state index < -0.39 is 0 Å². The highest BCUT2D eigenvalue weighted by molar-refractivity contribution is 7.80. The lowest BCUT2D eigenvalue weighted by atomic mass is 10.2. The molecule has 0 unspecified atom stereocenters. The van der Waals surface area contributed by atoms with Crippen molar-refractivity contribution in [1.29, 1.82) is 0 Å². The maximum Gasteiger partial charge on any atom is 0.186 e. The summed E-state index contributed by atoms with van der Waals surface area (Å²) in [5.74, 6) is 1.28. The second kappa shape index (κ2) is 7.45. The molecule has 0 saturated carbocycles. The van der Waals surface area contributed by atoms with E-state index in [4.69, 9.17) is 39.8 Å². The number of benzene rings is 1. The Bertz CT molecular complexity index is 670. The standard InChI is InChI=1S/C14H13Cl2N3OS/c1-2-17-14(21)19-18-8-10-4-6-13(20-10)9-3-5-11(15)12(16)7-9/h3-8H,2H2,1H3,(H2,17,19,21). The summed E-state index contributed by atoms with van der Waals surface area (Å²) in [7, 11) is 0. The monoisotopic (exact) mass is 341 g/mol. The van der Waals surface area contributed by atoms with Crippen molar-refractivity contribution in [2.45, 2.75) is 6.92 Å². The predicted molar refractivity (Wildman–Crippen MR) is 91.2 cm³/mol. The third-order valence-electron chi connectivity index (χ3n) is 2.53. The Morgan fingerprint density at radius 1 is 1.29 bits per heavy atom. The van der Waals surface area contributed by atoms with E-state index in [1.54, 1.807) is 24.4 Å². The van der Waals surface area contributed by atoms with Gasteiger partial charge in [-0.15, -0.1) is 0 Å². The second-order valence-corrected chi connectivity index (χ2v) is 5.28. The minimum Gasteiger partial charge on any atom is -0.455 e. The molecule has 4 nitrogen and oxygen atoms in total. The third kappa shape index (κ3) is 4.46. The Kier molecular flexibility index (Phi) is 5.61. The van der Waals surface area contributed by atoms with E-state index in [1.807, 2.05) is 19.1 Å². The van der Waals surface area contributed by atoms with Gasteiger partial charge in [0.15, 0.2) is 5.11 Å². The smallest absolute Gasteiger partial charge is 0.186 e. The first-order valence-electron chi connectivity index (χ1n) is 6.22.